The molecule has 1 aliphatic heterocycles. The van der Waals surface area contributed by atoms with Crippen LogP contribution in [0.4, 0.5) is 11.5 Å². The summed E-state index contributed by atoms with van der Waals surface area (Å²) in [5, 5.41) is 2.84. The van der Waals surface area contributed by atoms with E-state index in [0.717, 1.165) is 22.4 Å². The van der Waals surface area contributed by atoms with Crippen LogP contribution in [0.25, 0.3) is 0 Å². The summed E-state index contributed by atoms with van der Waals surface area (Å²) in [5.74, 6) is 0.879. The highest BCUT2D eigenvalue weighted by molar-refractivity contribution is 9.10. The molecule has 4 nitrogen and oxygen atoms in total. The average molecular weight is 284 g/mol. The molecule has 0 saturated heterocycles. The Balaban J connectivity index is 2.41. The lowest BCUT2D eigenvalue weighted by atomic mass is 10.2. The van der Waals surface area contributed by atoms with Crippen LogP contribution >= 0.6 is 15.9 Å². The van der Waals surface area contributed by atoms with Gasteiger partial charge in [-0.2, -0.15) is 0 Å². The summed E-state index contributed by atoms with van der Waals surface area (Å²) in [4.78, 5) is 18.0. The van der Waals surface area contributed by atoms with Gasteiger partial charge in [-0.25, -0.2) is 4.98 Å². The molecule has 0 radical (unpaired) electrons. The molecule has 0 saturated carbocycles. The molecule has 0 aliphatic carbocycles. The number of anilines is 2. The predicted octanol–water partition coefficient (Wildman–Crippen LogP) is 2.40. The maximum absolute atomic E-state index is 11.6. The topological polar surface area (TPSA) is 45.2 Å². The zero-order valence-electron chi connectivity index (χ0n) is 9.33. The van der Waals surface area contributed by atoms with Crippen LogP contribution in [0.15, 0.2) is 16.7 Å². The monoisotopic (exact) mass is 283 g/mol. The molecule has 0 fully saturated rings. The Morgan fingerprint density at radius 1 is 1.69 bits per heavy atom. The number of carbonyl (C=O) groups is 1. The Hall–Kier alpha value is -1.10. The second-order valence-corrected chi connectivity index (χ2v) is 4.87. The second kappa shape index (κ2) is 4.41. The van der Waals surface area contributed by atoms with Gasteiger partial charge in [0.15, 0.2) is 5.82 Å². The van der Waals surface area contributed by atoms with Crippen LogP contribution in [0.2, 0.25) is 0 Å². The van der Waals surface area contributed by atoms with E-state index in [1.807, 2.05) is 11.0 Å². The molecule has 1 aliphatic rings. The third kappa shape index (κ3) is 2.04. The van der Waals surface area contributed by atoms with E-state index >= 15 is 0 Å². The van der Waals surface area contributed by atoms with Crippen molar-refractivity contribution in [3.05, 3.63) is 16.7 Å². The maximum Gasteiger partial charge on any atom is 0.244 e. The molecule has 1 amide bonds. The lowest BCUT2D eigenvalue weighted by Crippen LogP contribution is -2.43. The van der Waals surface area contributed by atoms with E-state index in [0.29, 0.717) is 12.6 Å². The van der Waals surface area contributed by atoms with Crippen molar-refractivity contribution in [3.8, 4) is 0 Å². The summed E-state index contributed by atoms with van der Waals surface area (Å²) in [6, 6.07) is 2.20. The average Bonchev–Trinajstić information content (AvgIpc) is 2.26. The highest BCUT2D eigenvalue weighted by Crippen LogP contribution is 2.31. The highest BCUT2D eigenvalue weighted by Gasteiger charge is 2.26. The van der Waals surface area contributed by atoms with Crippen LogP contribution in [0, 0.1) is 0 Å². The lowest BCUT2D eigenvalue weighted by Gasteiger charge is -2.34. The summed E-state index contributed by atoms with van der Waals surface area (Å²) in [7, 11) is 0. The van der Waals surface area contributed by atoms with Crippen LogP contribution in [-0.2, 0) is 4.79 Å². The Labute approximate surface area is 103 Å². The summed E-state index contributed by atoms with van der Waals surface area (Å²) in [6.07, 6.45) is 2.75. The fraction of sp³-hybridized carbons (Fsp3) is 0.455. The van der Waals surface area contributed by atoms with Gasteiger partial charge in [-0.3, -0.25) is 4.79 Å². The van der Waals surface area contributed by atoms with Crippen LogP contribution in [-0.4, -0.2) is 23.5 Å². The molecule has 2 heterocycles. The van der Waals surface area contributed by atoms with Crippen molar-refractivity contribution in [2.45, 2.75) is 26.3 Å². The molecule has 1 aromatic heterocycles. The van der Waals surface area contributed by atoms with Crippen molar-refractivity contribution in [3.63, 3.8) is 0 Å². The van der Waals surface area contributed by atoms with Crippen molar-refractivity contribution in [1.82, 2.24) is 4.98 Å². The standard InChI is InChI=1S/C11H14BrN3O/c1-3-7(2)15-6-10(16)14-9-4-8(12)5-13-11(9)15/h4-5,7H,3,6H2,1-2H3,(H,14,16). The number of hydrogen-bond acceptors (Lipinski definition) is 3. The smallest absolute Gasteiger partial charge is 0.244 e. The number of rotatable bonds is 2. The maximum atomic E-state index is 11.6. The molecule has 2 rings (SSSR count). The third-order valence-electron chi connectivity index (χ3n) is 2.82. The van der Waals surface area contributed by atoms with E-state index < -0.39 is 0 Å². The summed E-state index contributed by atoms with van der Waals surface area (Å²) < 4.78 is 0.873. The van der Waals surface area contributed by atoms with Gasteiger partial charge in [-0.15, -0.1) is 0 Å². The molecule has 16 heavy (non-hydrogen) atoms. The van der Waals surface area contributed by atoms with Gasteiger partial charge >= 0.3 is 0 Å². The Morgan fingerprint density at radius 3 is 3.12 bits per heavy atom. The fourth-order valence-electron chi connectivity index (χ4n) is 1.76. The molecule has 0 spiro atoms. The zero-order valence-corrected chi connectivity index (χ0v) is 10.9. The molecule has 5 heteroatoms. The molecular weight excluding hydrogens is 270 g/mol. The number of nitrogens with zero attached hydrogens (tertiary/aromatic N) is 2. The number of aromatic nitrogens is 1. The number of hydrogen-bond donors (Lipinski definition) is 1. The van der Waals surface area contributed by atoms with Gasteiger partial charge in [-0.1, -0.05) is 6.92 Å². The Bertz CT molecular complexity index is 422. The first kappa shape index (κ1) is 11.4. The summed E-state index contributed by atoms with van der Waals surface area (Å²) in [6.45, 7) is 4.60. The fourth-order valence-corrected chi connectivity index (χ4v) is 2.09. The minimum atomic E-state index is 0.0210. The zero-order chi connectivity index (χ0) is 11.7. The van der Waals surface area contributed by atoms with Gasteiger partial charge < -0.3 is 10.2 Å². The molecule has 1 N–H and O–H groups in total. The molecule has 1 aromatic rings. The summed E-state index contributed by atoms with van der Waals surface area (Å²) >= 11 is 3.35. The van der Waals surface area contributed by atoms with E-state index in [4.69, 9.17) is 0 Å². The van der Waals surface area contributed by atoms with E-state index in [1.165, 1.54) is 0 Å². The van der Waals surface area contributed by atoms with E-state index in [1.54, 1.807) is 6.20 Å². The van der Waals surface area contributed by atoms with Gasteiger partial charge in [0.2, 0.25) is 5.91 Å². The summed E-state index contributed by atoms with van der Waals surface area (Å²) in [5.41, 5.74) is 0.783. The van der Waals surface area contributed by atoms with E-state index in [2.05, 4.69) is 40.1 Å². The molecule has 0 bridgehead atoms. The number of amides is 1. The number of fused-ring (bicyclic) bond motifs is 1. The van der Waals surface area contributed by atoms with Crippen molar-refractivity contribution in [2.24, 2.45) is 0 Å². The molecule has 86 valence electrons. The van der Waals surface area contributed by atoms with Gasteiger partial charge in [0.05, 0.1) is 12.2 Å². The number of halogens is 1. The number of carbonyl (C=O) groups excluding carboxylic acids is 1. The first-order valence-corrected chi connectivity index (χ1v) is 6.13. The molecule has 1 atom stereocenters. The molecule has 1 unspecified atom stereocenters. The van der Waals surface area contributed by atoms with Gasteiger partial charge in [0.25, 0.3) is 0 Å². The lowest BCUT2D eigenvalue weighted by molar-refractivity contribution is -0.115. The second-order valence-electron chi connectivity index (χ2n) is 3.96. The van der Waals surface area contributed by atoms with Gasteiger partial charge in [0, 0.05) is 16.7 Å². The van der Waals surface area contributed by atoms with Crippen molar-refractivity contribution < 1.29 is 4.79 Å². The van der Waals surface area contributed by atoms with Crippen LogP contribution < -0.4 is 10.2 Å². The van der Waals surface area contributed by atoms with Crippen LogP contribution in [0.3, 0.4) is 0 Å². The van der Waals surface area contributed by atoms with Gasteiger partial charge in [0.1, 0.15) is 0 Å². The molecule has 0 aromatic carbocycles. The number of nitrogens with one attached hydrogen (secondary N) is 1. The quantitative estimate of drug-likeness (QED) is 0.907. The largest absolute Gasteiger partial charge is 0.343 e. The normalized spacial score (nSPS) is 16.7. The van der Waals surface area contributed by atoms with Crippen molar-refractivity contribution >= 4 is 33.3 Å². The van der Waals surface area contributed by atoms with Crippen molar-refractivity contribution in [1.29, 1.82) is 0 Å². The van der Waals surface area contributed by atoms with E-state index in [9.17, 15) is 4.79 Å². The molecular formula is C11H14BrN3O. The Kier molecular flexibility index (Phi) is 3.14. The first-order chi connectivity index (χ1) is 7.61. The third-order valence-corrected chi connectivity index (χ3v) is 3.25. The minimum Gasteiger partial charge on any atom is -0.343 e. The Morgan fingerprint density at radius 2 is 2.44 bits per heavy atom. The predicted molar refractivity (Wildman–Crippen MR) is 67.7 cm³/mol. The van der Waals surface area contributed by atoms with Crippen LogP contribution in [0.1, 0.15) is 20.3 Å². The highest BCUT2D eigenvalue weighted by atomic mass is 79.9. The minimum absolute atomic E-state index is 0.0210. The first-order valence-electron chi connectivity index (χ1n) is 5.34. The van der Waals surface area contributed by atoms with Crippen molar-refractivity contribution in [2.75, 3.05) is 16.8 Å². The SMILES string of the molecule is CCC(C)N1CC(=O)Nc2cc(Br)cnc21. The van der Waals surface area contributed by atoms with E-state index in [-0.39, 0.29) is 5.91 Å². The van der Waals surface area contributed by atoms with Gasteiger partial charge in [-0.05, 0) is 35.3 Å². The number of pyridine rings is 1. The van der Waals surface area contributed by atoms with Crippen LogP contribution in [0.5, 0.6) is 0 Å².